The molecular weight excluding hydrogens is 502 g/mol. The molecule has 0 aliphatic carbocycles. The minimum absolute atomic E-state index is 0.110. The molecule has 1 saturated heterocycles. The number of sulfonamides is 1. The van der Waals surface area contributed by atoms with Crippen molar-refractivity contribution in [2.24, 2.45) is 5.92 Å². The summed E-state index contributed by atoms with van der Waals surface area (Å²) in [7, 11) is -3.66. The van der Waals surface area contributed by atoms with Crippen molar-refractivity contribution in [3.8, 4) is 0 Å². The lowest BCUT2D eigenvalue weighted by molar-refractivity contribution is -0.136. The first-order valence-corrected chi connectivity index (χ1v) is 14.8. The number of rotatable bonds is 11. The Hall–Kier alpha value is -3.24. The Kier molecular flexibility index (Phi) is 9.17. The van der Waals surface area contributed by atoms with Crippen LogP contribution >= 0.6 is 0 Å². The number of aromatic nitrogens is 3. The average molecular weight is 540 g/mol. The fraction of sp³-hybridized carbons (Fsp3) is 0.464. The van der Waals surface area contributed by atoms with E-state index in [0.717, 1.165) is 29.7 Å². The van der Waals surface area contributed by atoms with E-state index in [0.29, 0.717) is 18.7 Å². The molecule has 1 aliphatic heterocycles. The monoisotopic (exact) mass is 539 g/mol. The lowest BCUT2D eigenvalue weighted by atomic mass is 10.0. The van der Waals surface area contributed by atoms with Gasteiger partial charge in [-0.15, -0.1) is 5.10 Å². The average Bonchev–Trinajstić information content (AvgIpc) is 3.55. The number of unbranched alkanes of at least 4 members (excludes halogenated alkanes) is 1. The van der Waals surface area contributed by atoms with Gasteiger partial charge in [0.1, 0.15) is 24.0 Å². The van der Waals surface area contributed by atoms with Gasteiger partial charge < -0.3 is 9.32 Å². The normalized spacial score (nSPS) is 18.5. The fourth-order valence-corrected chi connectivity index (χ4v) is 6.15. The smallest absolute Gasteiger partial charge is 0.241 e. The lowest BCUT2D eigenvalue weighted by Gasteiger charge is -2.30. The van der Waals surface area contributed by atoms with Crippen molar-refractivity contribution in [3.05, 3.63) is 77.5 Å². The van der Waals surface area contributed by atoms with Crippen LogP contribution in [0.2, 0.25) is 0 Å². The first-order valence-electron chi connectivity index (χ1n) is 13.2. The summed E-state index contributed by atoms with van der Waals surface area (Å²) in [6, 6.07) is 10.8. The topological polar surface area (TPSA) is 102 Å². The minimum Gasteiger partial charge on any atom is -0.467 e. The lowest BCUT2D eigenvalue weighted by Crippen LogP contribution is -2.47. The zero-order valence-electron chi connectivity index (χ0n) is 22.4. The van der Waals surface area contributed by atoms with E-state index < -0.39 is 16.1 Å². The quantitative estimate of drug-likeness (QED) is 0.360. The third-order valence-corrected chi connectivity index (χ3v) is 8.33. The number of furan rings is 1. The Morgan fingerprint density at radius 1 is 1.13 bits per heavy atom. The second kappa shape index (κ2) is 12.5. The molecule has 9 nitrogen and oxygen atoms in total. The zero-order chi connectivity index (χ0) is 27.1. The molecule has 1 amide bonds. The highest BCUT2D eigenvalue weighted by Crippen LogP contribution is 2.25. The van der Waals surface area contributed by atoms with Gasteiger partial charge in [-0.25, -0.2) is 13.1 Å². The molecular formula is C28H37N5O4S. The standard InChI is InChI=1S/C28H37N5O4S/c1-4-5-6-8-23-10-12-24(13-11-23)18-33-27(17-22(2)3)28(34)31(14-16-38(33,35)36)19-25-20-32(30-29-25)21-26-9-7-15-37-26/h6-13,15,20,22,27H,4-5,14,16-19,21H2,1-3H3/b8-6+. The van der Waals surface area contributed by atoms with E-state index in [1.54, 1.807) is 22.0 Å². The van der Waals surface area contributed by atoms with Crippen molar-refractivity contribution in [3.63, 3.8) is 0 Å². The number of allylic oxidation sites excluding steroid dienone is 1. The van der Waals surface area contributed by atoms with Gasteiger partial charge >= 0.3 is 0 Å². The Morgan fingerprint density at radius 2 is 1.92 bits per heavy atom. The second-order valence-corrected chi connectivity index (χ2v) is 12.2. The first-order chi connectivity index (χ1) is 18.2. The molecule has 0 saturated carbocycles. The van der Waals surface area contributed by atoms with E-state index in [1.807, 2.05) is 50.2 Å². The highest BCUT2D eigenvalue weighted by Gasteiger charge is 2.41. The maximum Gasteiger partial charge on any atom is 0.241 e. The molecule has 38 heavy (non-hydrogen) atoms. The van der Waals surface area contributed by atoms with E-state index >= 15 is 0 Å². The Balaban J connectivity index is 1.52. The minimum atomic E-state index is -3.66. The van der Waals surface area contributed by atoms with Gasteiger partial charge in [-0.1, -0.05) is 68.8 Å². The summed E-state index contributed by atoms with van der Waals surface area (Å²) in [6.07, 6.45) is 10.1. The van der Waals surface area contributed by atoms with Crippen LogP contribution in [0.15, 0.2) is 59.4 Å². The zero-order valence-corrected chi connectivity index (χ0v) is 23.2. The summed E-state index contributed by atoms with van der Waals surface area (Å²) in [5, 5.41) is 8.35. The third-order valence-electron chi connectivity index (χ3n) is 6.54. The fourth-order valence-electron chi connectivity index (χ4n) is 4.56. The van der Waals surface area contributed by atoms with Gasteiger partial charge in [-0.2, -0.15) is 4.31 Å². The number of hydrogen-bond acceptors (Lipinski definition) is 6. The summed E-state index contributed by atoms with van der Waals surface area (Å²) in [6.45, 7) is 7.05. The SMILES string of the molecule is CCC/C=C/c1ccc(CN2C(CC(C)C)C(=O)N(Cc3cn(Cc4ccco4)nn3)CCS2(=O)=O)cc1. The largest absolute Gasteiger partial charge is 0.467 e. The van der Waals surface area contributed by atoms with Gasteiger partial charge in [-0.05, 0) is 42.0 Å². The molecule has 0 radical (unpaired) electrons. The molecule has 10 heteroatoms. The predicted molar refractivity (Wildman–Crippen MR) is 146 cm³/mol. The number of carbonyl (C=O) groups excluding carboxylic acids is 1. The van der Waals surface area contributed by atoms with Crippen LogP contribution < -0.4 is 0 Å². The van der Waals surface area contributed by atoms with Crippen LogP contribution in [0.5, 0.6) is 0 Å². The third kappa shape index (κ3) is 7.20. The van der Waals surface area contributed by atoms with Gasteiger partial charge in [0.05, 0.1) is 24.8 Å². The molecule has 1 unspecified atom stereocenters. The molecule has 0 bridgehead atoms. The van der Waals surface area contributed by atoms with Gasteiger partial charge in [0.2, 0.25) is 15.9 Å². The van der Waals surface area contributed by atoms with Crippen LogP contribution in [-0.2, 0) is 34.5 Å². The molecule has 1 atom stereocenters. The van der Waals surface area contributed by atoms with Crippen molar-refractivity contribution in [1.29, 1.82) is 0 Å². The van der Waals surface area contributed by atoms with Crippen molar-refractivity contribution in [1.82, 2.24) is 24.2 Å². The van der Waals surface area contributed by atoms with E-state index in [1.165, 1.54) is 4.31 Å². The summed E-state index contributed by atoms with van der Waals surface area (Å²) in [5.41, 5.74) is 2.53. The van der Waals surface area contributed by atoms with Crippen LogP contribution in [-0.4, -0.2) is 56.9 Å². The van der Waals surface area contributed by atoms with Crippen molar-refractivity contribution < 1.29 is 17.6 Å². The van der Waals surface area contributed by atoms with Crippen LogP contribution in [0, 0.1) is 5.92 Å². The Morgan fingerprint density at radius 3 is 2.61 bits per heavy atom. The van der Waals surface area contributed by atoms with Crippen LogP contribution in [0.1, 0.15) is 62.6 Å². The van der Waals surface area contributed by atoms with Crippen LogP contribution in [0.25, 0.3) is 6.08 Å². The molecule has 1 fully saturated rings. The van der Waals surface area contributed by atoms with Gasteiger partial charge in [0.15, 0.2) is 0 Å². The molecule has 1 aliphatic rings. The number of benzene rings is 1. The van der Waals surface area contributed by atoms with Crippen LogP contribution in [0.4, 0.5) is 0 Å². The molecule has 2 aromatic heterocycles. The molecule has 3 aromatic rings. The summed E-state index contributed by atoms with van der Waals surface area (Å²) >= 11 is 0. The number of hydrogen-bond donors (Lipinski definition) is 0. The Labute approximate surface area is 225 Å². The highest BCUT2D eigenvalue weighted by molar-refractivity contribution is 7.89. The number of amides is 1. The molecule has 0 spiro atoms. The predicted octanol–water partition coefficient (Wildman–Crippen LogP) is 4.32. The summed E-state index contributed by atoms with van der Waals surface area (Å²) in [5.74, 6) is 0.559. The molecule has 1 aromatic carbocycles. The highest BCUT2D eigenvalue weighted by atomic mass is 32.2. The Bertz CT molecular complexity index is 1310. The van der Waals surface area contributed by atoms with Gasteiger partial charge in [0.25, 0.3) is 0 Å². The van der Waals surface area contributed by atoms with Crippen molar-refractivity contribution in [2.75, 3.05) is 12.3 Å². The molecule has 0 N–H and O–H groups in total. The number of nitrogens with zero attached hydrogens (tertiary/aromatic N) is 5. The van der Waals surface area contributed by atoms with E-state index in [2.05, 4.69) is 29.4 Å². The summed E-state index contributed by atoms with van der Waals surface area (Å²) in [4.78, 5) is 15.4. The van der Waals surface area contributed by atoms with Crippen LogP contribution in [0.3, 0.4) is 0 Å². The summed E-state index contributed by atoms with van der Waals surface area (Å²) < 4.78 is 35.3. The van der Waals surface area contributed by atoms with Gasteiger partial charge in [0, 0.05) is 13.1 Å². The van der Waals surface area contributed by atoms with Crippen molar-refractivity contribution >= 4 is 22.0 Å². The molecule has 3 heterocycles. The van der Waals surface area contributed by atoms with Crippen molar-refractivity contribution in [2.45, 2.75) is 65.7 Å². The van der Waals surface area contributed by atoms with E-state index in [9.17, 15) is 13.2 Å². The molecule has 204 valence electrons. The van der Waals surface area contributed by atoms with Gasteiger partial charge in [-0.3, -0.25) is 4.79 Å². The molecule has 4 rings (SSSR count). The maximum absolute atomic E-state index is 13.8. The van der Waals surface area contributed by atoms with E-state index in [-0.39, 0.29) is 37.2 Å². The number of carbonyl (C=O) groups is 1. The van der Waals surface area contributed by atoms with E-state index in [4.69, 9.17) is 4.42 Å². The maximum atomic E-state index is 13.8. The first kappa shape index (κ1) is 27.8. The second-order valence-electron chi connectivity index (χ2n) is 10.2.